The summed E-state index contributed by atoms with van der Waals surface area (Å²) in [7, 11) is 2.79. The van der Waals surface area contributed by atoms with E-state index >= 15 is 0 Å². The molecule has 0 saturated heterocycles. The zero-order valence-electron chi connectivity index (χ0n) is 23.5. The predicted octanol–water partition coefficient (Wildman–Crippen LogP) is 8.88. The highest BCUT2D eigenvalue weighted by Crippen LogP contribution is 2.56. The topological polar surface area (TPSA) is 40.2 Å². The Bertz CT molecular complexity index is 1470. The van der Waals surface area contributed by atoms with E-state index < -0.39 is 10.3 Å². The molecule has 0 aliphatic carbocycles. The Morgan fingerprint density at radius 1 is 0.949 bits per heavy atom. The third kappa shape index (κ3) is 5.85. The molecule has 1 aliphatic rings. The SMILES string of the molecule is CN(C)CCOc1ccc(C2Oc3cc(OI)ccc3-c3sc4cc(OS(C)(C)C(C)(C)C)ccc4c32)cc1. The van der Waals surface area contributed by atoms with Crippen molar-refractivity contribution < 1.29 is 16.7 Å². The zero-order chi connectivity index (χ0) is 27.9. The maximum Gasteiger partial charge on any atom is 0.192 e. The first-order valence-corrected chi connectivity index (χ1v) is 17.0. The summed E-state index contributed by atoms with van der Waals surface area (Å²) in [5.74, 6) is 3.37. The number of hydrogen-bond acceptors (Lipinski definition) is 6. The van der Waals surface area contributed by atoms with Gasteiger partial charge >= 0.3 is 0 Å². The summed E-state index contributed by atoms with van der Waals surface area (Å²) in [4.78, 5) is 3.34. The van der Waals surface area contributed by atoms with Crippen LogP contribution >= 0.6 is 44.7 Å². The van der Waals surface area contributed by atoms with Crippen molar-refractivity contribution in [2.45, 2.75) is 31.6 Å². The van der Waals surface area contributed by atoms with Gasteiger partial charge in [-0.3, -0.25) is 0 Å². The molecular weight excluding hydrogens is 641 g/mol. The minimum absolute atomic E-state index is 0.0787. The molecule has 5 nitrogen and oxygen atoms in total. The molecular formula is C31H36INO4S2. The highest BCUT2D eigenvalue weighted by Gasteiger charge is 2.33. The van der Waals surface area contributed by atoms with Crippen LogP contribution in [0.25, 0.3) is 20.5 Å². The summed E-state index contributed by atoms with van der Waals surface area (Å²) in [6.45, 7) is 8.26. The molecule has 3 aromatic carbocycles. The fraction of sp³-hybridized carbons (Fsp3) is 0.355. The van der Waals surface area contributed by atoms with Crippen LogP contribution in [0.3, 0.4) is 0 Å². The Morgan fingerprint density at radius 3 is 2.31 bits per heavy atom. The van der Waals surface area contributed by atoms with E-state index in [4.69, 9.17) is 16.7 Å². The van der Waals surface area contributed by atoms with Crippen LogP contribution in [0.15, 0.2) is 60.7 Å². The van der Waals surface area contributed by atoms with Crippen molar-refractivity contribution in [1.82, 2.24) is 4.90 Å². The highest BCUT2D eigenvalue weighted by molar-refractivity contribution is 14.1. The van der Waals surface area contributed by atoms with Crippen molar-refractivity contribution in [2.24, 2.45) is 0 Å². The number of benzene rings is 3. The summed E-state index contributed by atoms with van der Waals surface area (Å²) >= 11 is 3.71. The predicted molar refractivity (Wildman–Crippen MR) is 175 cm³/mol. The molecule has 0 saturated carbocycles. The van der Waals surface area contributed by atoms with Crippen LogP contribution in [-0.4, -0.2) is 49.4 Å². The zero-order valence-corrected chi connectivity index (χ0v) is 27.3. The van der Waals surface area contributed by atoms with Crippen LogP contribution in [0.2, 0.25) is 0 Å². The van der Waals surface area contributed by atoms with Gasteiger partial charge in [-0.15, -0.1) is 11.3 Å². The van der Waals surface area contributed by atoms with E-state index in [9.17, 15) is 0 Å². The first kappa shape index (κ1) is 28.4. The second kappa shape index (κ2) is 11.0. The second-order valence-electron chi connectivity index (χ2n) is 11.4. The second-order valence-corrected chi connectivity index (χ2v) is 16.7. The van der Waals surface area contributed by atoms with Gasteiger partial charge in [-0.05, 0) is 95.4 Å². The Balaban J connectivity index is 1.55. The third-order valence-corrected chi connectivity index (χ3v) is 12.5. The molecule has 0 radical (unpaired) electrons. The first-order chi connectivity index (χ1) is 18.5. The van der Waals surface area contributed by atoms with Crippen LogP contribution in [0.5, 0.6) is 23.0 Å². The first-order valence-electron chi connectivity index (χ1n) is 12.9. The van der Waals surface area contributed by atoms with Crippen LogP contribution in [0.1, 0.15) is 38.0 Å². The summed E-state index contributed by atoms with van der Waals surface area (Å²) in [6.07, 6.45) is 4.22. The molecule has 39 heavy (non-hydrogen) atoms. The van der Waals surface area contributed by atoms with Gasteiger partial charge in [-0.1, -0.05) is 22.4 Å². The number of ether oxygens (including phenoxy) is 2. The van der Waals surface area contributed by atoms with Gasteiger partial charge in [0.25, 0.3) is 0 Å². The van der Waals surface area contributed by atoms with Gasteiger partial charge in [0.2, 0.25) is 0 Å². The molecule has 4 aromatic rings. The Labute approximate surface area is 251 Å². The monoisotopic (exact) mass is 677 g/mol. The lowest BCUT2D eigenvalue weighted by Crippen LogP contribution is -2.27. The molecule has 1 aromatic heterocycles. The minimum atomic E-state index is -1.30. The summed E-state index contributed by atoms with van der Waals surface area (Å²) in [5.41, 5.74) is 3.37. The summed E-state index contributed by atoms with van der Waals surface area (Å²) in [6, 6.07) is 20.9. The van der Waals surface area contributed by atoms with E-state index in [0.29, 0.717) is 6.61 Å². The lowest BCUT2D eigenvalue weighted by molar-refractivity contribution is 0.244. The van der Waals surface area contributed by atoms with Gasteiger partial charge in [0.05, 0.1) is 0 Å². The molecule has 0 fully saturated rings. The number of nitrogens with zero attached hydrogens (tertiary/aromatic N) is 1. The van der Waals surface area contributed by atoms with Crippen LogP contribution in [0.4, 0.5) is 0 Å². The normalized spacial score (nSPS) is 15.5. The van der Waals surface area contributed by atoms with Gasteiger partial charge in [0.1, 0.15) is 29.6 Å². The molecule has 2 heterocycles. The average Bonchev–Trinajstić information content (AvgIpc) is 3.26. The fourth-order valence-corrected chi connectivity index (χ4v) is 6.71. The Morgan fingerprint density at radius 2 is 1.64 bits per heavy atom. The maximum absolute atomic E-state index is 6.71. The van der Waals surface area contributed by atoms with Crippen molar-refractivity contribution in [2.75, 3.05) is 39.8 Å². The molecule has 0 N–H and O–H groups in total. The van der Waals surface area contributed by atoms with E-state index in [1.54, 1.807) is 11.3 Å². The number of fused-ring (bicyclic) bond motifs is 5. The average molecular weight is 678 g/mol. The standard InChI is InChI=1S/C31H36INO4S2/c1-31(2,3)39(6,7)37-23-13-15-25-27(19-23)38-30-24-14-12-22(36-32)18-26(24)35-29(28(25)30)20-8-10-21(11-9-20)34-17-16-33(4)5/h8-15,18-19,29H,16-17H2,1-7H3. The van der Waals surface area contributed by atoms with Gasteiger partial charge < -0.3 is 21.6 Å². The van der Waals surface area contributed by atoms with E-state index in [1.807, 2.05) is 61.4 Å². The Hall–Kier alpha value is -2.14. The molecule has 1 unspecified atom stereocenters. The number of hydrogen-bond donors (Lipinski definition) is 0. The largest absolute Gasteiger partial charge is 0.492 e. The lowest BCUT2D eigenvalue weighted by atomic mass is 9.93. The molecule has 5 rings (SSSR count). The van der Waals surface area contributed by atoms with E-state index in [-0.39, 0.29) is 10.9 Å². The highest BCUT2D eigenvalue weighted by atomic mass is 127. The smallest absolute Gasteiger partial charge is 0.192 e. The van der Waals surface area contributed by atoms with Gasteiger partial charge in [-0.25, -0.2) is 0 Å². The van der Waals surface area contributed by atoms with Crippen molar-refractivity contribution in [3.8, 4) is 33.4 Å². The number of halogens is 1. The van der Waals surface area contributed by atoms with Crippen molar-refractivity contribution in [3.05, 3.63) is 71.8 Å². The number of likely N-dealkylation sites (N-methyl/N-ethyl adjacent to an activating group) is 1. The van der Waals surface area contributed by atoms with Gasteiger partial charge in [0.15, 0.2) is 29.1 Å². The maximum atomic E-state index is 6.71. The molecule has 0 spiro atoms. The number of thiophene rings is 1. The van der Waals surface area contributed by atoms with E-state index in [2.05, 4.69) is 74.6 Å². The molecule has 1 aliphatic heterocycles. The number of rotatable bonds is 8. The third-order valence-electron chi connectivity index (χ3n) is 7.26. The van der Waals surface area contributed by atoms with Crippen molar-refractivity contribution >= 4 is 54.7 Å². The van der Waals surface area contributed by atoms with Gasteiger partial charge in [-0.2, -0.15) is 0 Å². The quantitative estimate of drug-likeness (QED) is 0.174. The molecule has 1 atom stereocenters. The molecule has 208 valence electrons. The lowest BCUT2D eigenvalue weighted by Gasteiger charge is -2.43. The fourth-order valence-electron chi connectivity index (χ4n) is 4.32. The minimum Gasteiger partial charge on any atom is -0.492 e. The summed E-state index contributed by atoms with van der Waals surface area (Å²) in [5, 5.41) is 1.20. The molecule has 0 amide bonds. The molecule has 8 heteroatoms. The summed E-state index contributed by atoms with van der Waals surface area (Å²) < 4.78 is 26.0. The van der Waals surface area contributed by atoms with Crippen LogP contribution < -0.4 is 16.7 Å². The van der Waals surface area contributed by atoms with Crippen LogP contribution in [-0.2, 0) is 0 Å². The van der Waals surface area contributed by atoms with Gasteiger partial charge in [0, 0.05) is 43.4 Å². The van der Waals surface area contributed by atoms with Crippen molar-refractivity contribution in [1.29, 1.82) is 0 Å². The molecule has 0 bridgehead atoms. The van der Waals surface area contributed by atoms with Crippen molar-refractivity contribution in [3.63, 3.8) is 0 Å². The van der Waals surface area contributed by atoms with E-state index in [0.717, 1.165) is 40.7 Å². The Kier molecular flexibility index (Phi) is 8.03. The van der Waals surface area contributed by atoms with Crippen LogP contribution in [0, 0.1) is 0 Å². The van der Waals surface area contributed by atoms with E-state index in [1.165, 1.54) is 20.5 Å².